The van der Waals surface area contributed by atoms with Gasteiger partial charge in [0.15, 0.2) is 0 Å². The summed E-state index contributed by atoms with van der Waals surface area (Å²) in [4.78, 5) is 23.2. The number of ether oxygens (including phenoxy) is 1. The van der Waals surface area contributed by atoms with Crippen molar-refractivity contribution in [3.8, 4) is 6.01 Å². The average molecular weight is 346 g/mol. The molecule has 2 aliphatic rings. The summed E-state index contributed by atoms with van der Waals surface area (Å²) in [5, 5.41) is 3.23. The third-order valence-corrected chi connectivity index (χ3v) is 5.08. The van der Waals surface area contributed by atoms with E-state index in [1.54, 1.807) is 0 Å². The van der Waals surface area contributed by atoms with Crippen LogP contribution in [0, 0.1) is 13.8 Å². The molecule has 1 aromatic rings. The lowest BCUT2D eigenvalue weighted by Crippen LogP contribution is -2.51. The summed E-state index contributed by atoms with van der Waals surface area (Å²) in [5.41, 5.74) is 1.81. The van der Waals surface area contributed by atoms with Crippen molar-refractivity contribution < 1.29 is 9.53 Å². The normalized spacial score (nSPS) is 22.3. The van der Waals surface area contributed by atoms with E-state index >= 15 is 0 Å². The van der Waals surface area contributed by atoms with Gasteiger partial charge >= 0.3 is 12.0 Å². The SMILES string of the molecule is Cc1cc(C)nc(OC2CCCN(C(=O)NC3CCCCCC3)C2)n1. The van der Waals surface area contributed by atoms with E-state index in [0.717, 1.165) is 43.6 Å². The number of hydrogen-bond donors (Lipinski definition) is 1. The molecular formula is C19H30N4O2. The number of aryl methyl sites for hydroxylation is 2. The molecule has 1 atom stereocenters. The van der Waals surface area contributed by atoms with Gasteiger partial charge in [0.2, 0.25) is 0 Å². The number of aromatic nitrogens is 2. The van der Waals surface area contributed by atoms with Crippen molar-refractivity contribution in [1.29, 1.82) is 0 Å². The van der Waals surface area contributed by atoms with Crippen molar-refractivity contribution in [2.45, 2.75) is 77.4 Å². The molecule has 0 spiro atoms. The molecule has 1 aliphatic carbocycles. The Hall–Kier alpha value is -1.85. The van der Waals surface area contributed by atoms with Gasteiger partial charge in [0.1, 0.15) is 6.10 Å². The van der Waals surface area contributed by atoms with Gasteiger partial charge in [-0.2, -0.15) is 0 Å². The van der Waals surface area contributed by atoms with Crippen molar-refractivity contribution in [2.24, 2.45) is 0 Å². The zero-order chi connectivity index (χ0) is 17.6. The summed E-state index contributed by atoms with van der Waals surface area (Å²) in [7, 11) is 0. The Kier molecular flexibility index (Phi) is 6.10. The number of urea groups is 1. The smallest absolute Gasteiger partial charge is 0.317 e. The second-order valence-corrected chi connectivity index (χ2v) is 7.40. The third-order valence-electron chi connectivity index (χ3n) is 5.08. The second-order valence-electron chi connectivity index (χ2n) is 7.40. The summed E-state index contributed by atoms with van der Waals surface area (Å²) < 4.78 is 5.96. The maximum atomic E-state index is 12.6. The summed E-state index contributed by atoms with van der Waals surface area (Å²) in [6, 6.07) is 2.74. The van der Waals surface area contributed by atoms with E-state index in [2.05, 4.69) is 15.3 Å². The second kappa shape index (κ2) is 8.50. The first kappa shape index (κ1) is 18.0. The molecule has 6 nitrogen and oxygen atoms in total. The molecule has 0 aromatic carbocycles. The monoisotopic (exact) mass is 346 g/mol. The number of rotatable bonds is 3. The number of carbonyl (C=O) groups excluding carboxylic acids is 1. The highest BCUT2D eigenvalue weighted by atomic mass is 16.5. The van der Waals surface area contributed by atoms with E-state index < -0.39 is 0 Å². The standard InChI is InChI=1S/C19H30N4O2/c1-14-12-15(2)21-18(20-14)25-17-10-7-11-23(13-17)19(24)22-16-8-5-3-4-6-9-16/h12,16-17H,3-11,13H2,1-2H3,(H,22,24). The van der Waals surface area contributed by atoms with Crippen LogP contribution in [0.1, 0.15) is 62.8 Å². The van der Waals surface area contributed by atoms with Crippen LogP contribution in [-0.4, -0.2) is 46.1 Å². The quantitative estimate of drug-likeness (QED) is 0.852. The number of carbonyl (C=O) groups is 1. The molecule has 2 fully saturated rings. The average Bonchev–Trinajstić information content (AvgIpc) is 2.83. The fourth-order valence-corrected chi connectivity index (χ4v) is 3.80. The fourth-order valence-electron chi connectivity index (χ4n) is 3.80. The zero-order valence-electron chi connectivity index (χ0n) is 15.5. The van der Waals surface area contributed by atoms with Crippen molar-refractivity contribution in [3.05, 3.63) is 17.5 Å². The van der Waals surface area contributed by atoms with Gasteiger partial charge in [-0.15, -0.1) is 0 Å². The Morgan fingerprint density at radius 3 is 2.44 bits per heavy atom. The molecule has 1 N–H and O–H groups in total. The van der Waals surface area contributed by atoms with Gasteiger partial charge < -0.3 is 15.0 Å². The molecule has 0 radical (unpaired) electrons. The van der Waals surface area contributed by atoms with Gasteiger partial charge in [0.05, 0.1) is 6.54 Å². The van der Waals surface area contributed by atoms with Gasteiger partial charge in [0.25, 0.3) is 0 Å². The third kappa shape index (κ3) is 5.31. The molecular weight excluding hydrogens is 316 g/mol. The lowest BCUT2D eigenvalue weighted by atomic mass is 10.1. The summed E-state index contributed by atoms with van der Waals surface area (Å²) >= 11 is 0. The Morgan fingerprint density at radius 2 is 1.76 bits per heavy atom. The molecule has 138 valence electrons. The van der Waals surface area contributed by atoms with E-state index in [1.807, 2.05) is 24.8 Å². The lowest BCUT2D eigenvalue weighted by Gasteiger charge is -2.33. The van der Waals surface area contributed by atoms with E-state index in [0.29, 0.717) is 18.6 Å². The molecule has 2 heterocycles. The first-order valence-corrected chi connectivity index (χ1v) is 9.64. The van der Waals surface area contributed by atoms with Gasteiger partial charge in [0, 0.05) is 24.0 Å². The van der Waals surface area contributed by atoms with Gasteiger partial charge in [-0.1, -0.05) is 25.7 Å². The predicted molar refractivity (Wildman–Crippen MR) is 96.8 cm³/mol. The zero-order valence-corrected chi connectivity index (χ0v) is 15.5. The van der Waals surface area contributed by atoms with Crippen molar-refractivity contribution in [1.82, 2.24) is 20.2 Å². The minimum Gasteiger partial charge on any atom is -0.458 e. The highest BCUT2D eigenvalue weighted by Crippen LogP contribution is 2.19. The van der Waals surface area contributed by atoms with Crippen LogP contribution in [0.2, 0.25) is 0 Å². The molecule has 1 aliphatic heterocycles. The van der Waals surface area contributed by atoms with Crippen LogP contribution in [0.25, 0.3) is 0 Å². The number of hydrogen-bond acceptors (Lipinski definition) is 4. The summed E-state index contributed by atoms with van der Waals surface area (Å²) in [6.45, 7) is 5.28. The minimum atomic E-state index is -0.0326. The first-order chi connectivity index (χ1) is 12.1. The highest BCUT2D eigenvalue weighted by Gasteiger charge is 2.27. The first-order valence-electron chi connectivity index (χ1n) is 9.64. The molecule has 1 unspecified atom stereocenters. The summed E-state index contributed by atoms with van der Waals surface area (Å²) in [6.07, 6.45) is 9.10. The van der Waals surface area contributed by atoms with Crippen LogP contribution in [0.4, 0.5) is 4.79 Å². The van der Waals surface area contributed by atoms with E-state index in [1.165, 1.54) is 25.7 Å². The van der Waals surface area contributed by atoms with Crippen molar-refractivity contribution >= 4 is 6.03 Å². The lowest BCUT2D eigenvalue weighted by molar-refractivity contribution is 0.0923. The Bertz CT molecular complexity index is 565. The number of likely N-dealkylation sites (tertiary alicyclic amines) is 1. The molecule has 2 amide bonds. The number of amides is 2. The Labute approximate surface area is 150 Å². The fraction of sp³-hybridized carbons (Fsp3) is 0.737. The molecule has 6 heteroatoms. The minimum absolute atomic E-state index is 0.0326. The van der Waals surface area contributed by atoms with Gasteiger partial charge in [-0.05, 0) is 45.6 Å². The molecule has 1 saturated carbocycles. The maximum absolute atomic E-state index is 12.6. The topological polar surface area (TPSA) is 67.3 Å². The van der Waals surface area contributed by atoms with Crippen LogP contribution in [-0.2, 0) is 0 Å². The number of nitrogens with one attached hydrogen (secondary N) is 1. The maximum Gasteiger partial charge on any atom is 0.317 e. The Morgan fingerprint density at radius 1 is 1.08 bits per heavy atom. The molecule has 25 heavy (non-hydrogen) atoms. The van der Waals surface area contributed by atoms with Crippen molar-refractivity contribution in [2.75, 3.05) is 13.1 Å². The molecule has 1 aromatic heterocycles. The number of nitrogens with zero attached hydrogens (tertiary/aromatic N) is 3. The van der Waals surface area contributed by atoms with Crippen LogP contribution in [0.15, 0.2) is 6.07 Å². The van der Waals surface area contributed by atoms with Crippen LogP contribution in [0.5, 0.6) is 6.01 Å². The number of piperidine rings is 1. The molecule has 1 saturated heterocycles. The predicted octanol–water partition coefficient (Wildman–Crippen LogP) is 3.37. The van der Waals surface area contributed by atoms with Crippen LogP contribution >= 0.6 is 0 Å². The van der Waals surface area contributed by atoms with Crippen LogP contribution in [0.3, 0.4) is 0 Å². The van der Waals surface area contributed by atoms with E-state index in [-0.39, 0.29) is 12.1 Å². The summed E-state index contributed by atoms with van der Waals surface area (Å²) in [5.74, 6) is 0. The van der Waals surface area contributed by atoms with Gasteiger partial charge in [-0.25, -0.2) is 14.8 Å². The van der Waals surface area contributed by atoms with Crippen molar-refractivity contribution in [3.63, 3.8) is 0 Å². The Balaban J connectivity index is 1.54. The van der Waals surface area contributed by atoms with E-state index in [9.17, 15) is 4.79 Å². The van der Waals surface area contributed by atoms with Gasteiger partial charge in [-0.3, -0.25) is 0 Å². The molecule has 0 bridgehead atoms. The highest BCUT2D eigenvalue weighted by molar-refractivity contribution is 5.74. The van der Waals surface area contributed by atoms with Crippen LogP contribution < -0.4 is 10.1 Å². The molecule has 3 rings (SSSR count). The largest absolute Gasteiger partial charge is 0.458 e. The van der Waals surface area contributed by atoms with E-state index in [4.69, 9.17) is 4.74 Å².